The van der Waals surface area contributed by atoms with E-state index in [9.17, 15) is 9.90 Å². The Hall–Kier alpha value is -0.450. The summed E-state index contributed by atoms with van der Waals surface area (Å²) in [6, 6.07) is 0. The minimum Gasteiger partial charge on any atom is -0.389 e. The van der Waals surface area contributed by atoms with Gasteiger partial charge in [-0.05, 0) is 68.6 Å². The maximum atomic E-state index is 12.5. The average Bonchev–Trinajstić information content (AvgIpc) is 2.86. The van der Waals surface area contributed by atoms with E-state index >= 15 is 0 Å². The maximum absolute atomic E-state index is 12.5. The molecule has 142 valence electrons. The van der Waals surface area contributed by atoms with Crippen molar-refractivity contribution in [2.75, 3.05) is 14.2 Å². The van der Waals surface area contributed by atoms with E-state index < -0.39 is 16.8 Å². The molecule has 4 saturated carbocycles. The van der Waals surface area contributed by atoms with Crippen LogP contribution in [-0.4, -0.2) is 36.5 Å². The Labute approximate surface area is 151 Å². The van der Waals surface area contributed by atoms with Gasteiger partial charge in [0.05, 0.1) is 11.0 Å². The van der Waals surface area contributed by atoms with E-state index in [1.807, 2.05) is 6.92 Å². The molecule has 4 rings (SSSR count). The first kappa shape index (κ1) is 17.9. The quantitative estimate of drug-likeness (QED) is 0.772. The van der Waals surface area contributed by atoms with E-state index in [4.69, 9.17) is 9.47 Å². The first-order valence-electron chi connectivity index (χ1n) is 10.1. The van der Waals surface area contributed by atoms with E-state index in [2.05, 4.69) is 6.92 Å². The second kappa shape index (κ2) is 5.53. The van der Waals surface area contributed by atoms with Crippen LogP contribution in [0, 0.1) is 28.6 Å². The van der Waals surface area contributed by atoms with E-state index in [-0.39, 0.29) is 11.3 Å². The van der Waals surface area contributed by atoms with Gasteiger partial charge in [0.25, 0.3) is 0 Å². The highest BCUT2D eigenvalue weighted by atomic mass is 16.7. The van der Waals surface area contributed by atoms with Crippen molar-refractivity contribution in [3.8, 4) is 0 Å². The fourth-order valence-corrected chi connectivity index (χ4v) is 7.38. The summed E-state index contributed by atoms with van der Waals surface area (Å²) in [7, 11) is 3.52. The molecule has 4 heteroatoms. The number of hydrogen-bond donors (Lipinski definition) is 1. The van der Waals surface area contributed by atoms with Crippen LogP contribution in [0.15, 0.2) is 0 Å². The topological polar surface area (TPSA) is 55.8 Å². The van der Waals surface area contributed by atoms with Crippen LogP contribution in [0.5, 0.6) is 0 Å². The van der Waals surface area contributed by atoms with Crippen molar-refractivity contribution < 1.29 is 19.4 Å². The molecule has 0 aromatic heterocycles. The van der Waals surface area contributed by atoms with E-state index in [0.717, 1.165) is 44.9 Å². The number of ketones is 1. The van der Waals surface area contributed by atoms with Gasteiger partial charge in [-0.15, -0.1) is 0 Å². The molecule has 0 radical (unpaired) electrons. The van der Waals surface area contributed by atoms with Crippen LogP contribution in [0.25, 0.3) is 0 Å². The number of hydrogen-bond acceptors (Lipinski definition) is 4. The van der Waals surface area contributed by atoms with E-state index in [1.54, 1.807) is 14.2 Å². The average molecular weight is 350 g/mol. The third-order valence-corrected chi connectivity index (χ3v) is 9.31. The smallest absolute Gasteiger partial charge is 0.167 e. The van der Waals surface area contributed by atoms with Crippen molar-refractivity contribution in [1.82, 2.24) is 0 Å². The lowest BCUT2D eigenvalue weighted by atomic mass is 9.43. The predicted molar refractivity (Wildman–Crippen MR) is 94.9 cm³/mol. The largest absolute Gasteiger partial charge is 0.389 e. The number of carbonyl (C=O) groups excluding carboxylic acids is 1. The molecule has 0 saturated heterocycles. The van der Waals surface area contributed by atoms with Crippen molar-refractivity contribution >= 4 is 5.78 Å². The van der Waals surface area contributed by atoms with Crippen LogP contribution < -0.4 is 0 Å². The van der Waals surface area contributed by atoms with Crippen molar-refractivity contribution in [2.24, 2.45) is 28.6 Å². The molecule has 0 unspecified atom stereocenters. The molecule has 4 aliphatic rings. The van der Waals surface area contributed by atoms with Crippen molar-refractivity contribution in [3.63, 3.8) is 0 Å². The fourth-order valence-electron chi connectivity index (χ4n) is 7.38. The van der Waals surface area contributed by atoms with Crippen LogP contribution in [-0.2, 0) is 14.3 Å². The zero-order valence-electron chi connectivity index (χ0n) is 16.3. The Bertz CT molecular complexity index is 570. The standard InChI is InChI=1S/C21H34O4/c1-18-11-12-20(24-3,25-4)13-14(18)5-6-16-15(18)7-9-19(2)17(22)8-10-21(16,19)23/h14-16,23H,5-13H2,1-4H3/t14-,15+,16+,18-,19-,21+/m0/s1. The summed E-state index contributed by atoms with van der Waals surface area (Å²) in [6.45, 7) is 4.47. The number of fused-ring (bicyclic) bond motifs is 5. The lowest BCUT2D eigenvalue weighted by Crippen LogP contribution is -2.63. The Morgan fingerprint density at radius 2 is 1.68 bits per heavy atom. The van der Waals surface area contributed by atoms with Crippen LogP contribution in [0.3, 0.4) is 0 Å². The van der Waals surface area contributed by atoms with Gasteiger partial charge in [0, 0.05) is 33.5 Å². The Kier molecular flexibility index (Phi) is 3.97. The molecule has 1 N–H and O–H groups in total. The number of Topliss-reactive ketones (excluding diaryl/α,β-unsaturated/α-hetero) is 1. The first-order valence-corrected chi connectivity index (χ1v) is 10.1. The van der Waals surface area contributed by atoms with Gasteiger partial charge in [-0.25, -0.2) is 0 Å². The van der Waals surface area contributed by atoms with Crippen LogP contribution in [0.4, 0.5) is 0 Å². The van der Waals surface area contributed by atoms with Crippen molar-refractivity contribution in [1.29, 1.82) is 0 Å². The minimum absolute atomic E-state index is 0.228. The summed E-state index contributed by atoms with van der Waals surface area (Å²) in [5.74, 6) is 1.23. The highest BCUT2D eigenvalue weighted by Gasteiger charge is 2.68. The number of methoxy groups -OCH3 is 2. The molecule has 4 aliphatic carbocycles. The Morgan fingerprint density at radius 3 is 2.36 bits per heavy atom. The molecular weight excluding hydrogens is 316 g/mol. The molecule has 25 heavy (non-hydrogen) atoms. The molecule has 4 nitrogen and oxygen atoms in total. The predicted octanol–water partition coefficient (Wildman–Crippen LogP) is 3.70. The molecule has 0 aliphatic heterocycles. The molecule has 0 heterocycles. The monoisotopic (exact) mass is 350 g/mol. The van der Waals surface area contributed by atoms with Gasteiger partial charge < -0.3 is 14.6 Å². The second-order valence-electron chi connectivity index (χ2n) is 9.73. The second-order valence-corrected chi connectivity index (χ2v) is 9.73. The highest BCUT2D eigenvalue weighted by molar-refractivity contribution is 5.88. The Balaban J connectivity index is 1.65. The van der Waals surface area contributed by atoms with Gasteiger partial charge >= 0.3 is 0 Å². The van der Waals surface area contributed by atoms with Gasteiger partial charge in [0.15, 0.2) is 5.79 Å². The minimum atomic E-state index is -0.780. The summed E-state index contributed by atoms with van der Waals surface area (Å²) in [5, 5.41) is 11.7. The first-order chi connectivity index (χ1) is 11.7. The zero-order chi connectivity index (χ0) is 18.1. The maximum Gasteiger partial charge on any atom is 0.167 e. The van der Waals surface area contributed by atoms with Crippen LogP contribution in [0.1, 0.15) is 71.6 Å². The number of rotatable bonds is 2. The van der Waals surface area contributed by atoms with Gasteiger partial charge in [-0.3, -0.25) is 4.79 Å². The lowest BCUT2D eigenvalue weighted by Gasteiger charge is -2.63. The van der Waals surface area contributed by atoms with Gasteiger partial charge in [0.2, 0.25) is 0 Å². The molecular formula is C21H34O4. The summed E-state index contributed by atoms with van der Waals surface area (Å²) < 4.78 is 11.5. The van der Waals surface area contributed by atoms with Crippen molar-refractivity contribution in [2.45, 2.75) is 83.0 Å². The summed E-state index contributed by atoms with van der Waals surface area (Å²) in [4.78, 5) is 12.5. The molecule has 6 atom stereocenters. The molecule has 0 aromatic carbocycles. The SMILES string of the molecule is COC1(OC)CC[C@@]2(C)[C@@H](CC[C@@H]3[C@H]2CC[C@@]2(C)C(=O)CC[C@@]32O)C1. The normalized spacial score (nSPS) is 51.6. The number of aliphatic hydroxyl groups is 1. The third-order valence-electron chi connectivity index (χ3n) is 9.31. The molecule has 0 bridgehead atoms. The number of carbonyl (C=O) groups is 1. The van der Waals surface area contributed by atoms with Gasteiger partial charge in [-0.1, -0.05) is 6.92 Å². The van der Waals surface area contributed by atoms with E-state index in [0.29, 0.717) is 30.5 Å². The molecule has 0 spiro atoms. The van der Waals surface area contributed by atoms with Gasteiger partial charge in [0.1, 0.15) is 5.78 Å². The highest BCUT2D eigenvalue weighted by Crippen LogP contribution is 2.67. The van der Waals surface area contributed by atoms with E-state index in [1.165, 1.54) is 0 Å². The van der Waals surface area contributed by atoms with Crippen LogP contribution in [0.2, 0.25) is 0 Å². The fraction of sp³-hybridized carbons (Fsp3) is 0.952. The van der Waals surface area contributed by atoms with Gasteiger partial charge in [-0.2, -0.15) is 0 Å². The lowest BCUT2D eigenvalue weighted by molar-refractivity contribution is -0.269. The van der Waals surface area contributed by atoms with Crippen LogP contribution >= 0.6 is 0 Å². The Morgan fingerprint density at radius 1 is 0.960 bits per heavy atom. The third kappa shape index (κ3) is 2.14. The summed E-state index contributed by atoms with van der Waals surface area (Å²) in [5.41, 5.74) is -1.06. The number of ether oxygens (including phenoxy) is 2. The van der Waals surface area contributed by atoms with Crippen molar-refractivity contribution in [3.05, 3.63) is 0 Å². The zero-order valence-corrected chi connectivity index (χ0v) is 16.3. The molecule has 4 fully saturated rings. The molecule has 0 aromatic rings. The summed E-state index contributed by atoms with van der Waals surface area (Å²) >= 11 is 0. The molecule has 0 amide bonds. The summed E-state index contributed by atoms with van der Waals surface area (Å²) in [6.07, 6.45) is 8.27.